The largest absolute Gasteiger partial charge is 0.319 e. The van der Waals surface area contributed by atoms with E-state index in [0.29, 0.717) is 29.0 Å². The maximum atomic E-state index is 12.7. The SMILES string of the molecule is O=C(Nc1cnn(Cc2ccccc2)c1)c1cccc(-c2ccc3n[nH]nc3n2)c1. The Morgan fingerprint density at radius 1 is 1.00 bits per heavy atom. The number of rotatable bonds is 5. The maximum Gasteiger partial charge on any atom is 0.255 e. The number of hydrogen-bond donors (Lipinski definition) is 2. The molecular weight excluding hydrogens is 378 g/mol. The van der Waals surface area contributed by atoms with Gasteiger partial charge in [0.15, 0.2) is 0 Å². The van der Waals surface area contributed by atoms with Crippen molar-refractivity contribution < 1.29 is 4.79 Å². The maximum absolute atomic E-state index is 12.7. The van der Waals surface area contributed by atoms with Gasteiger partial charge in [-0.05, 0) is 29.8 Å². The van der Waals surface area contributed by atoms with E-state index in [1.807, 2.05) is 60.8 Å². The van der Waals surface area contributed by atoms with Crippen molar-refractivity contribution in [2.45, 2.75) is 6.54 Å². The third-order valence-corrected chi connectivity index (χ3v) is 4.68. The van der Waals surface area contributed by atoms with Crippen molar-refractivity contribution in [1.29, 1.82) is 0 Å². The molecule has 0 saturated carbocycles. The number of H-pyrrole nitrogens is 1. The number of carbonyl (C=O) groups is 1. The second-order valence-corrected chi connectivity index (χ2v) is 6.81. The van der Waals surface area contributed by atoms with Gasteiger partial charge in [-0.2, -0.15) is 15.4 Å². The molecule has 0 radical (unpaired) electrons. The summed E-state index contributed by atoms with van der Waals surface area (Å²) >= 11 is 0. The van der Waals surface area contributed by atoms with Crippen molar-refractivity contribution in [3.05, 3.63) is 90.3 Å². The Hall–Kier alpha value is -4.33. The Labute approximate surface area is 171 Å². The van der Waals surface area contributed by atoms with Crippen molar-refractivity contribution in [2.75, 3.05) is 5.32 Å². The molecule has 0 spiro atoms. The molecule has 0 aliphatic carbocycles. The van der Waals surface area contributed by atoms with Crippen LogP contribution < -0.4 is 5.32 Å². The average Bonchev–Trinajstić information content (AvgIpc) is 3.43. The monoisotopic (exact) mass is 395 g/mol. The zero-order valence-electron chi connectivity index (χ0n) is 15.9. The number of nitrogens with zero attached hydrogens (tertiary/aromatic N) is 5. The summed E-state index contributed by atoms with van der Waals surface area (Å²) in [5.41, 5.74) is 5.10. The van der Waals surface area contributed by atoms with Gasteiger partial charge in [-0.1, -0.05) is 42.5 Å². The molecule has 2 aromatic carbocycles. The van der Waals surface area contributed by atoms with E-state index < -0.39 is 0 Å². The molecule has 3 heterocycles. The van der Waals surface area contributed by atoms with E-state index in [-0.39, 0.29) is 5.91 Å². The van der Waals surface area contributed by atoms with Gasteiger partial charge in [0.05, 0.1) is 24.1 Å². The molecule has 0 aliphatic rings. The lowest BCUT2D eigenvalue weighted by Gasteiger charge is -2.06. The lowest BCUT2D eigenvalue weighted by atomic mass is 10.1. The van der Waals surface area contributed by atoms with Crippen LogP contribution in [0.15, 0.2) is 79.1 Å². The van der Waals surface area contributed by atoms with E-state index in [9.17, 15) is 4.79 Å². The molecule has 8 nitrogen and oxygen atoms in total. The van der Waals surface area contributed by atoms with Gasteiger partial charge >= 0.3 is 0 Å². The van der Waals surface area contributed by atoms with E-state index in [1.165, 1.54) is 0 Å². The Balaban J connectivity index is 1.32. The molecule has 5 rings (SSSR count). The number of hydrogen-bond acceptors (Lipinski definition) is 5. The van der Waals surface area contributed by atoms with Crippen LogP contribution in [0, 0.1) is 0 Å². The Bertz CT molecular complexity index is 1320. The second-order valence-electron chi connectivity index (χ2n) is 6.81. The van der Waals surface area contributed by atoms with Crippen LogP contribution in [0.4, 0.5) is 5.69 Å². The van der Waals surface area contributed by atoms with Crippen LogP contribution in [0.5, 0.6) is 0 Å². The highest BCUT2D eigenvalue weighted by molar-refractivity contribution is 6.04. The molecule has 0 bridgehead atoms. The fraction of sp³-hybridized carbons (Fsp3) is 0.0455. The van der Waals surface area contributed by atoms with Crippen LogP contribution >= 0.6 is 0 Å². The van der Waals surface area contributed by atoms with Gasteiger partial charge < -0.3 is 5.32 Å². The molecule has 3 aromatic heterocycles. The van der Waals surface area contributed by atoms with E-state index >= 15 is 0 Å². The predicted molar refractivity (Wildman–Crippen MR) is 113 cm³/mol. The molecule has 0 aliphatic heterocycles. The lowest BCUT2D eigenvalue weighted by Crippen LogP contribution is -2.11. The lowest BCUT2D eigenvalue weighted by molar-refractivity contribution is 0.102. The molecule has 30 heavy (non-hydrogen) atoms. The second kappa shape index (κ2) is 7.59. The third-order valence-electron chi connectivity index (χ3n) is 4.68. The summed E-state index contributed by atoms with van der Waals surface area (Å²) in [4.78, 5) is 17.2. The molecule has 1 amide bonds. The van der Waals surface area contributed by atoms with E-state index in [2.05, 4.69) is 30.8 Å². The first-order valence-electron chi connectivity index (χ1n) is 9.40. The molecular formula is C22H17N7O. The van der Waals surface area contributed by atoms with Gasteiger partial charge in [0.1, 0.15) is 5.52 Å². The number of benzene rings is 2. The van der Waals surface area contributed by atoms with Crippen LogP contribution in [0.25, 0.3) is 22.4 Å². The van der Waals surface area contributed by atoms with Crippen molar-refractivity contribution in [3.63, 3.8) is 0 Å². The first kappa shape index (κ1) is 17.7. The molecule has 146 valence electrons. The smallest absolute Gasteiger partial charge is 0.255 e. The Morgan fingerprint density at radius 3 is 2.80 bits per heavy atom. The molecule has 0 atom stereocenters. The van der Waals surface area contributed by atoms with E-state index in [1.54, 1.807) is 23.0 Å². The number of aromatic amines is 1. The zero-order chi connectivity index (χ0) is 20.3. The highest BCUT2D eigenvalue weighted by Crippen LogP contribution is 2.21. The minimum absolute atomic E-state index is 0.210. The third kappa shape index (κ3) is 3.66. The van der Waals surface area contributed by atoms with Crippen LogP contribution in [-0.4, -0.2) is 36.1 Å². The highest BCUT2D eigenvalue weighted by atomic mass is 16.1. The zero-order valence-corrected chi connectivity index (χ0v) is 15.9. The number of fused-ring (bicyclic) bond motifs is 1. The summed E-state index contributed by atoms with van der Waals surface area (Å²) in [5.74, 6) is -0.210. The number of nitrogens with one attached hydrogen (secondary N) is 2. The molecule has 5 aromatic rings. The van der Waals surface area contributed by atoms with Crippen molar-refractivity contribution in [1.82, 2.24) is 30.2 Å². The fourth-order valence-corrected chi connectivity index (χ4v) is 3.21. The summed E-state index contributed by atoms with van der Waals surface area (Å²) in [7, 11) is 0. The Morgan fingerprint density at radius 2 is 1.90 bits per heavy atom. The van der Waals surface area contributed by atoms with Crippen LogP contribution in [0.2, 0.25) is 0 Å². The summed E-state index contributed by atoms with van der Waals surface area (Å²) < 4.78 is 1.79. The van der Waals surface area contributed by atoms with E-state index in [0.717, 1.165) is 16.8 Å². The molecule has 0 unspecified atom stereocenters. The predicted octanol–water partition coefficient (Wildman–Crippen LogP) is 3.52. The van der Waals surface area contributed by atoms with Gasteiger partial charge in [0.2, 0.25) is 5.65 Å². The minimum atomic E-state index is -0.210. The summed E-state index contributed by atoms with van der Waals surface area (Å²) in [6.07, 6.45) is 3.46. The van der Waals surface area contributed by atoms with Crippen LogP contribution in [0.3, 0.4) is 0 Å². The normalized spacial score (nSPS) is 10.9. The van der Waals surface area contributed by atoms with Crippen LogP contribution in [0.1, 0.15) is 15.9 Å². The van der Waals surface area contributed by atoms with Crippen molar-refractivity contribution >= 4 is 22.8 Å². The molecule has 0 fully saturated rings. The van der Waals surface area contributed by atoms with Gasteiger partial charge in [-0.25, -0.2) is 4.98 Å². The first-order chi connectivity index (χ1) is 14.7. The average molecular weight is 395 g/mol. The molecule has 2 N–H and O–H groups in total. The van der Waals surface area contributed by atoms with E-state index in [4.69, 9.17) is 0 Å². The number of aromatic nitrogens is 6. The van der Waals surface area contributed by atoms with Crippen LogP contribution in [-0.2, 0) is 6.54 Å². The Kier molecular flexibility index (Phi) is 4.49. The highest BCUT2D eigenvalue weighted by Gasteiger charge is 2.11. The standard InChI is InChI=1S/C22H17N7O/c30-22(24-18-12-23-29(14-18)13-15-5-2-1-3-6-15)17-8-4-7-16(11-17)19-9-10-20-21(25-19)27-28-26-20/h1-12,14H,13H2,(H,24,30)(H,25,26,27,28). The summed E-state index contributed by atoms with van der Waals surface area (Å²) in [6.45, 7) is 0.641. The summed E-state index contributed by atoms with van der Waals surface area (Å²) in [5, 5.41) is 17.8. The molecule has 8 heteroatoms. The quantitative estimate of drug-likeness (QED) is 0.474. The van der Waals surface area contributed by atoms with Gasteiger partial charge in [-0.3, -0.25) is 9.48 Å². The van der Waals surface area contributed by atoms with Crippen molar-refractivity contribution in [2.24, 2.45) is 0 Å². The first-order valence-corrected chi connectivity index (χ1v) is 9.40. The van der Waals surface area contributed by atoms with Gasteiger partial charge in [0.25, 0.3) is 5.91 Å². The van der Waals surface area contributed by atoms with Gasteiger partial charge in [-0.15, -0.1) is 5.10 Å². The number of pyridine rings is 1. The number of carbonyl (C=O) groups excluding carboxylic acids is 1. The topological polar surface area (TPSA) is 101 Å². The minimum Gasteiger partial charge on any atom is -0.319 e. The van der Waals surface area contributed by atoms with Gasteiger partial charge in [0, 0.05) is 17.3 Å². The number of anilines is 1. The van der Waals surface area contributed by atoms with Crippen molar-refractivity contribution in [3.8, 4) is 11.3 Å². The number of amides is 1. The fourth-order valence-electron chi connectivity index (χ4n) is 3.21. The molecule has 0 saturated heterocycles. The summed E-state index contributed by atoms with van der Waals surface area (Å²) in [6, 6.07) is 21.0.